The van der Waals surface area contributed by atoms with Crippen LogP contribution in [0.3, 0.4) is 0 Å². The van der Waals surface area contributed by atoms with Crippen LogP contribution in [-0.2, 0) is 11.3 Å². The van der Waals surface area contributed by atoms with E-state index >= 15 is 0 Å². The Hall–Kier alpha value is -2.92. The fraction of sp³-hybridized carbons (Fsp3) is 0.292. The van der Waals surface area contributed by atoms with Gasteiger partial charge in [0.2, 0.25) is 5.91 Å². The van der Waals surface area contributed by atoms with Crippen LogP contribution in [-0.4, -0.2) is 29.2 Å². The molecule has 3 aromatic rings. The van der Waals surface area contributed by atoms with Gasteiger partial charge in [0.1, 0.15) is 0 Å². The molecule has 0 aliphatic carbocycles. The highest BCUT2D eigenvalue weighted by Gasteiger charge is 2.26. The minimum atomic E-state index is -0.0696. The molecule has 2 heterocycles. The average molecular weight is 421 g/mol. The monoisotopic (exact) mass is 420 g/mol. The van der Waals surface area contributed by atoms with E-state index in [-0.39, 0.29) is 11.8 Å². The summed E-state index contributed by atoms with van der Waals surface area (Å²) in [5.41, 5.74) is 4.05. The summed E-state index contributed by atoms with van der Waals surface area (Å²) >= 11 is 6.19. The van der Waals surface area contributed by atoms with Crippen molar-refractivity contribution in [2.45, 2.75) is 26.3 Å². The summed E-state index contributed by atoms with van der Waals surface area (Å²) in [4.78, 5) is 14.9. The number of benzene rings is 2. The van der Waals surface area contributed by atoms with E-state index in [2.05, 4.69) is 51.6 Å². The Kier molecular flexibility index (Phi) is 6.29. The predicted molar refractivity (Wildman–Crippen MR) is 120 cm³/mol. The summed E-state index contributed by atoms with van der Waals surface area (Å²) in [6.07, 6.45) is 1.82. The van der Waals surface area contributed by atoms with Crippen molar-refractivity contribution >= 4 is 23.3 Å². The molecule has 1 atom stereocenters. The molecule has 1 aliphatic heterocycles. The summed E-state index contributed by atoms with van der Waals surface area (Å²) in [5.74, 6) is 0.804. The SMILES string of the molecule is Cc1ccc(-c2ccc(N3CCC[C@H](C(=O)NCc4ccccc4Cl)C3)nn2)cc1. The largest absolute Gasteiger partial charge is 0.354 e. The summed E-state index contributed by atoms with van der Waals surface area (Å²) in [7, 11) is 0. The van der Waals surface area contributed by atoms with E-state index in [9.17, 15) is 4.79 Å². The lowest BCUT2D eigenvalue weighted by Crippen LogP contribution is -2.43. The first-order chi connectivity index (χ1) is 14.6. The number of halogens is 1. The molecule has 0 spiro atoms. The fourth-order valence-corrected chi connectivity index (χ4v) is 3.94. The maximum absolute atomic E-state index is 12.7. The summed E-state index contributed by atoms with van der Waals surface area (Å²) in [6.45, 7) is 4.04. The molecule has 0 unspecified atom stereocenters. The molecule has 6 heteroatoms. The van der Waals surface area contributed by atoms with Crippen LogP contribution in [0.1, 0.15) is 24.0 Å². The third kappa shape index (κ3) is 4.79. The van der Waals surface area contributed by atoms with E-state index in [0.29, 0.717) is 18.1 Å². The molecule has 0 saturated carbocycles. The highest BCUT2D eigenvalue weighted by molar-refractivity contribution is 6.31. The van der Waals surface area contributed by atoms with Crippen molar-refractivity contribution < 1.29 is 4.79 Å². The second-order valence-corrected chi connectivity index (χ2v) is 8.14. The van der Waals surface area contributed by atoms with Crippen molar-refractivity contribution in [2.75, 3.05) is 18.0 Å². The third-order valence-electron chi connectivity index (χ3n) is 5.52. The van der Waals surface area contributed by atoms with Crippen molar-refractivity contribution in [1.29, 1.82) is 0 Å². The Bertz CT molecular complexity index is 1000. The van der Waals surface area contributed by atoms with Gasteiger partial charge >= 0.3 is 0 Å². The standard InChI is InChI=1S/C24H25ClN4O/c1-17-8-10-18(11-9-17)22-12-13-23(28-27-22)29-14-4-6-20(16-29)24(30)26-15-19-5-2-3-7-21(19)25/h2-3,5,7-13,20H,4,6,14-16H2,1H3,(H,26,30)/t20-/m0/s1. The zero-order valence-corrected chi connectivity index (χ0v) is 17.8. The molecule has 1 N–H and O–H groups in total. The topological polar surface area (TPSA) is 58.1 Å². The van der Waals surface area contributed by atoms with E-state index in [1.54, 1.807) is 0 Å². The van der Waals surface area contributed by atoms with Gasteiger partial charge in [-0.1, -0.05) is 59.6 Å². The van der Waals surface area contributed by atoms with Crippen LogP contribution in [0.15, 0.2) is 60.7 Å². The molecule has 2 aromatic carbocycles. The number of nitrogens with zero attached hydrogens (tertiary/aromatic N) is 3. The second kappa shape index (κ2) is 9.26. The first-order valence-electron chi connectivity index (χ1n) is 10.3. The second-order valence-electron chi connectivity index (χ2n) is 7.74. The van der Waals surface area contributed by atoms with Gasteiger partial charge in [0, 0.05) is 30.2 Å². The Morgan fingerprint density at radius 3 is 2.63 bits per heavy atom. The lowest BCUT2D eigenvalue weighted by Gasteiger charge is -2.32. The molecule has 0 bridgehead atoms. The van der Waals surface area contributed by atoms with Crippen LogP contribution in [0.5, 0.6) is 0 Å². The van der Waals surface area contributed by atoms with Crippen LogP contribution in [0.25, 0.3) is 11.3 Å². The van der Waals surface area contributed by atoms with Gasteiger partial charge in [0.15, 0.2) is 5.82 Å². The summed E-state index contributed by atoms with van der Waals surface area (Å²) in [6, 6.07) is 19.8. The van der Waals surface area contributed by atoms with Crippen molar-refractivity contribution in [3.8, 4) is 11.3 Å². The van der Waals surface area contributed by atoms with Gasteiger partial charge in [-0.15, -0.1) is 10.2 Å². The van der Waals surface area contributed by atoms with Gasteiger partial charge in [0.25, 0.3) is 0 Å². The van der Waals surface area contributed by atoms with Crippen LogP contribution >= 0.6 is 11.6 Å². The smallest absolute Gasteiger partial charge is 0.225 e. The minimum Gasteiger partial charge on any atom is -0.354 e. The lowest BCUT2D eigenvalue weighted by molar-refractivity contribution is -0.125. The Labute approximate surface area is 182 Å². The maximum atomic E-state index is 12.7. The van der Waals surface area contributed by atoms with Crippen LogP contribution < -0.4 is 10.2 Å². The number of hydrogen-bond donors (Lipinski definition) is 1. The molecule has 1 fully saturated rings. The number of hydrogen-bond acceptors (Lipinski definition) is 4. The highest BCUT2D eigenvalue weighted by Crippen LogP contribution is 2.24. The van der Waals surface area contributed by atoms with Gasteiger partial charge < -0.3 is 10.2 Å². The molecule has 5 nitrogen and oxygen atoms in total. The molecule has 1 aliphatic rings. The Balaban J connectivity index is 1.38. The molecule has 0 radical (unpaired) electrons. The van der Waals surface area contributed by atoms with Gasteiger partial charge in [0.05, 0.1) is 11.6 Å². The Morgan fingerprint density at radius 1 is 1.10 bits per heavy atom. The van der Waals surface area contributed by atoms with E-state index in [1.807, 2.05) is 36.4 Å². The van der Waals surface area contributed by atoms with Gasteiger partial charge in [-0.25, -0.2) is 0 Å². The van der Waals surface area contributed by atoms with Crippen LogP contribution in [0.4, 0.5) is 5.82 Å². The zero-order valence-electron chi connectivity index (χ0n) is 17.0. The van der Waals surface area contributed by atoms with Gasteiger partial charge in [-0.2, -0.15) is 0 Å². The number of aromatic nitrogens is 2. The lowest BCUT2D eigenvalue weighted by atomic mass is 9.97. The van der Waals surface area contributed by atoms with Gasteiger partial charge in [-0.3, -0.25) is 4.79 Å². The quantitative estimate of drug-likeness (QED) is 0.653. The molecular weight excluding hydrogens is 396 g/mol. The van der Waals surface area contributed by atoms with Crippen LogP contribution in [0.2, 0.25) is 5.02 Å². The fourth-order valence-electron chi connectivity index (χ4n) is 3.74. The number of nitrogens with one attached hydrogen (secondary N) is 1. The number of piperidine rings is 1. The number of carbonyl (C=O) groups is 1. The van der Waals surface area contributed by atoms with Crippen molar-refractivity contribution in [3.05, 3.63) is 76.8 Å². The normalized spacial score (nSPS) is 16.3. The van der Waals surface area contributed by atoms with Crippen molar-refractivity contribution in [3.63, 3.8) is 0 Å². The molecule has 1 amide bonds. The maximum Gasteiger partial charge on any atom is 0.225 e. The van der Waals surface area contributed by atoms with E-state index in [4.69, 9.17) is 11.6 Å². The first kappa shape index (κ1) is 20.4. The number of carbonyl (C=O) groups excluding carboxylic acids is 1. The first-order valence-corrected chi connectivity index (χ1v) is 10.6. The number of rotatable bonds is 5. The molecule has 1 aromatic heterocycles. The number of amides is 1. The molecular formula is C24H25ClN4O. The van der Waals surface area contributed by atoms with Crippen molar-refractivity contribution in [1.82, 2.24) is 15.5 Å². The molecule has 154 valence electrons. The van der Waals surface area contributed by atoms with Crippen LogP contribution in [0, 0.1) is 12.8 Å². The van der Waals surface area contributed by atoms with E-state index in [1.165, 1.54) is 5.56 Å². The molecule has 30 heavy (non-hydrogen) atoms. The Morgan fingerprint density at radius 2 is 1.90 bits per heavy atom. The van der Waals surface area contributed by atoms with E-state index < -0.39 is 0 Å². The summed E-state index contributed by atoms with van der Waals surface area (Å²) < 4.78 is 0. The predicted octanol–water partition coefficient (Wildman–Crippen LogP) is 4.64. The molecule has 4 rings (SSSR count). The highest BCUT2D eigenvalue weighted by atomic mass is 35.5. The third-order valence-corrected chi connectivity index (χ3v) is 5.89. The van der Waals surface area contributed by atoms with Gasteiger partial charge in [-0.05, 0) is 43.5 Å². The number of anilines is 1. The zero-order chi connectivity index (χ0) is 20.9. The number of aryl methyl sites for hydroxylation is 1. The van der Waals surface area contributed by atoms with Crippen molar-refractivity contribution in [2.24, 2.45) is 5.92 Å². The van der Waals surface area contributed by atoms with E-state index in [0.717, 1.165) is 42.0 Å². The molecule has 1 saturated heterocycles. The average Bonchev–Trinajstić information content (AvgIpc) is 2.79. The summed E-state index contributed by atoms with van der Waals surface area (Å²) in [5, 5.41) is 12.5. The minimum absolute atomic E-state index is 0.0591.